The average Bonchev–Trinajstić information content (AvgIpc) is 3.19. The Morgan fingerprint density at radius 2 is 1.62 bits per heavy atom. The first-order chi connectivity index (χ1) is 15.3. The lowest BCUT2D eigenvalue weighted by Crippen LogP contribution is -2.49. The molecule has 2 aromatic carbocycles. The van der Waals surface area contributed by atoms with E-state index in [0.29, 0.717) is 18.7 Å². The van der Waals surface area contributed by atoms with E-state index in [1.807, 2.05) is 60.7 Å². The lowest BCUT2D eigenvalue weighted by molar-refractivity contribution is -0.123. The summed E-state index contributed by atoms with van der Waals surface area (Å²) in [5, 5.41) is 13.8. The molecule has 0 aliphatic heterocycles. The Balaban J connectivity index is 1.60. The summed E-state index contributed by atoms with van der Waals surface area (Å²) in [7, 11) is 0. The summed E-state index contributed by atoms with van der Waals surface area (Å²) < 4.78 is 7.04. The minimum Gasteiger partial charge on any atom is -0.444 e. The summed E-state index contributed by atoms with van der Waals surface area (Å²) in [4.78, 5) is 25.2. The number of rotatable bonds is 8. The molecular formula is C24H29N5O3. The third-order valence-corrected chi connectivity index (χ3v) is 4.51. The van der Waals surface area contributed by atoms with Crippen molar-refractivity contribution in [2.45, 2.75) is 51.9 Å². The maximum Gasteiger partial charge on any atom is 0.408 e. The molecule has 2 amide bonds. The molecule has 0 fully saturated rings. The molecule has 2 N–H and O–H groups in total. The van der Waals surface area contributed by atoms with Crippen LogP contribution in [-0.4, -0.2) is 38.6 Å². The van der Waals surface area contributed by atoms with Crippen LogP contribution in [0.25, 0.3) is 0 Å². The Bertz CT molecular complexity index is 1010. The van der Waals surface area contributed by atoms with Crippen LogP contribution >= 0.6 is 0 Å². The van der Waals surface area contributed by atoms with Gasteiger partial charge in [-0.15, -0.1) is 5.10 Å². The van der Waals surface area contributed by atoms with E-state index in [9.17, 15) is 9.59 Å². The van der Waals surface area contributed by atoms with Crippen molar-refractivity contribution in [1.29, 1.82) is 0 Å². The maximum atomic E-state index is 12.9. The van der Waals surface area contributed by atoms with Gasteiger partial charge in [-0.25, -0.2) is 9.48 Å². The van der Waals surface area contributed by atoms with Crippen LogP contribution in [-0.2, 0) is 29.0 Å². The highest BCUT2D eigenvalue weighted by Gasteiger charge is 2.24. The molecule has 3 rings (SSSR count). The van der Waals surface area contributed by atoms with Gasteiger partial charge in [-0.05, 0) is 31.9 Å². The van der Waals surface area contributed by atoms with E-state index in [-0.39, 0.29) is 12.5 Å². The number of hydrogen-bond donors (Lipinski definition) is 2. The van der Waals surface area contributed by atoms with Gasteiger partial charge in [-0.2, -0.15) is 0 Å². The lowest BCUT2D eigenvalue weighted by atomic mass is 10.1. The second kappa shape index (κ2) is 10.6. The van der Waals surface area contributed by atoms with Crippen molar-refractivity contribution in [3.63, 3.8) is 0 Å². The van der Waals surface area contributed by atoms with Gasteiger partial charge >= 0.3 is 6.09 Å². The van der Waals surface area contributed by atoms with Gasteiger partial charge in [-0.1, -0.05) is 65.9 Å². The van der Waals surface area contributed by atoms with Gasteiger partial charge in [0.1, 0.15) is 17.3 Å². The van der Waals surface area contributed by atoms with Gasteiger partial charge in [0.25, 0.3) is 0 Å². The molecule has 168 valence electrons. The summed E-state index contributed by atoms with van der Waals surface area (Å²) in [6.45, 7) is 6.13. The molecule has 0 saturated heterocycles. The molecule has 3 aromatic rings. The van der Waals surface area contributed by atoms with E-state index in [2.05, 4.69) is 20.9 Å². The molecular weight excluding hydrogens is 406 g/mol. The Labute approximate surface area is 188 Å². The quantitative estimate of drug-likeness (QED) is 0.567. The summed E-state index contributed by atoms with van der Waals surface area (Å²) >= 11 is 0. The largest absolute Gasteiger partial charge is 0.444 e. The minimum absolute atomic E-state index is 0.203. The van der Waals surface area contributed by atoms with Crippen molar-refractivity contribution < 1.29 is 14.3 Å². The van der Waals surface area contributed by atoms with Crippen LogP contribution in [0.2, 0.25) is 0 Å². The van der Waals surface area contributed by atoms with Crippen molar-refractivity contribution >= 4 is 12.0 Å². The molecule has 8 heteroatoms. The van der Waals surface area contributed by atoms with Crippen molar-refractivity contribution in [2.75, 3.05) is 0 Å². The molecule has 0 aliphatic carbocycles. The topological polar surface area (TPSA) is 98.1 Å². The first kappa shape index (κ1) is 23.0. The molecule has 8 nitrogen and oxygen atoms in total. The highest BCUT2D eigenvalue weighted by Crippen LogP contribution is 2.09. The summed E-state index contributed by atoms with van der Waals surface area (Å²) in [6, 6.07) is 18.6. The number of amides is 2. The molecule has 0 aliphatic rings. The second-order valence-electron chi connectivity index (χ2n) is 8.50. The number of carbonyl (C=O) groups is 2. The lowest BCUT2D eigenvalue weighted by Gasteiger charge is -2.23. The first-order valence-electron chi connectivity index (χ1n) is 10.5. The average molecular weight is 436 g/mol. The third kappa shape index (κ3) is 7.54. The maximum absolute atomic E-state index is 12.9. The molecule has 1 aromatic heterocycles. The number of hydrogen-bond acceptors (Lipinski definition) is 5. The van der Waals surface area contributed by atoms with E-state index >= 15 is 0 Å². The van der Waals surface area contributed by atoms with Gasteiger partial charge in [0.15, 0.2) is 0 Å². The van der Waals surface area contributed by atoms with Crippen LogP contribution < -0.4 is 10.6 Å². The SMILES string of the molecule is CC(C)(C)OC(=O)N[C@@H](Cc1ccccc1)C(=O)NCc1cn(Cc2ccccc2)nn1. The Kier molecular flexibility index (Phi) is 7.59. The van der Waals surface area contributed by atoms with Crippen LogP contribution in [0.15, 0.2) is 66.9 Å². The third-order valence-electron chi connectivity index (χ3n) is 4.51. The number of benzene rings is 2. The summed E-state index contributed by atoms with van der Waals surface area (Å²) in [5.74, 6) is -0.322. The molecule has 1 atom stereocenters. The highest BCUT2D eigenvalue weighted by molar-refractivity contribution is 5.85. The monoisotopic (exact) mass is 435 g/mol. The van der Waals surface area contributed by atoms with Crippen LogP contribution in [0.5, 0.6) is 0 Å². The number of alkyl carbamates (subject to hydrolysis) is 1. The van der Waals surface area contributed by atoms with E-state index in [1.54, 1.807) is 31.6 Å². The van der Waals surface area contributed by atoms with E-state index in [4.69, 9.17) is 4.74 Å². The second-order valence-corrected chi connectivity index (χ2v) is 8.50. The number of carbonyl (C=O) groups excluding carboxylic acids is 2. The number of aromatic nitrogens is 3. The molecule has 0 unspecified atom stereocenters. The molecule has 0 radical (unpaired) electrons. The Hall–Kier alpha value is -3.68. The number of nitrogens with one attached hydrogen (secondary N) is 2. The number of ether oxygens (including phenoxy) is 1. The van der Waals surface area contributed by atoms with Crippen LogP contribution in [0.3, 0.4) is 0 Å². The van der Waals surface area contributed by atoms with Crippen LogP contribution in [0.4, 0.5) is 4.79 Å². The van der Waals surface area contributed by atoms with Gasteiger partial charge in [0.05, 0.1) is 19.3 Å². The number of nitrogens with zero attached hydrogens (tertiary/aromatic N) is 3. The van der Waals surface area contributed by atoms with Gasteiger partial charge in [0, 0.05) is 6.42 Å². The van der Waals surface area contributed by atoms with E-state index < -0.39 is 17.7 Å². The zero-order valence-corrected chi connectivity index (χ0v) is 18.6. The Morgan fingerprint density at radius 1 is 1.00 bits per heavy atom. The zero-order chi connectivity index (χ0) is 23.0. The normalized spacial score (nSPS) is 12.1. The fourth-order valence-corrected chi connectivity index (χ4v) is 3.08. The smallest absolute Gasteiger partial charge is 0.408 e. The fraction of sp³-hybridized carbons (Fsp3) is 0.333. The van der Waals surface area contributed by atoms with Gasteiger partial charge < -0.3 is 15.4 Å². The molecule has 1 heterocycles. The van der Waals surface area contributed by atoms with Crippen LogP contribution in [0.1, 0.15) is 37.6 Å². The predicted octanol–water partition coefficient (Wildman–Crippen LogP) is 3.08. The van der Waals surface area contributed by atoms with E-state index in [0.717, 1.165) is 11.1 Å². The van der Waals surface area contributed by atoms with Crippen LogP contribution in [0, 0.1) is 0 Å². The standard InChI is InChI=1S/C24H29N5O3/c1-24(2,3)32-23(31)26-21(14-18-10-6-4-7-11-18)22(30)25-15-20-17-29(28-27-20)16-19-12-8-5-9-13-19/h4-13,17,21H,14-16H2,1-3H3,(H,25,30)(H,26,31)/t21-/m0/s1. The zero-order valence-electron chi connectivity index (χ0n) is 18.6. The molecule has 0 spiro atoms. The van der Waals surface area contributed by atoms with Crippen molar-refractivity contribution in [1.82, 2.24) is 25.6 Å². The first-order valence-corrected chi connectivity index (χ1v) is 10.5. The van der Waals surface area contributed by atoms with Gasteiger partial charge in [0.2, 0.25) is 5.91 Å². The minimum atomic E-state index is -0.786. The molecule has 0 bridgehead atoms. The highest BCUT2D eigenvalue weighted by atomic mass is 16.6. The van der Waals surface area contributed by atoms with Gasteiger partial charge in [-0.3, -0.25) is 4.79 Å². The summed E-state index contributed by atoms with van der Waals surface area (Å²) in [5.41, 5.74) is 2.01. The Morgan fingerprint density at radius 3 is 2.25 bits per heavy atom. The fourth-order valence-electron chi connectivity index (χ4n) is 3.08. The van der Waals surface area contributed by atoms with Crippen molar-refractivity contribution in [3.05, 3.63) is 83.7 Å². The van der Waals surface area contributed by atoms with Crippen molar-refractivity contribution in [3.8, 4) is 0 Å². The predicted molar refractivity (Wildman–Crippen MR) is 121 cm³/mol. The van der Waals surface area contributed by atoms with E-state index in [1.165, 1.54) is 0 Å². The molecule has 0 saturated carbocycles. The van der Waals surface area contributed by atoms with Crippen molar-refractivity contribution in [2.24, 2.45) is 0 Å². The molecule has 32 heavy (non-hydrogen) atoms. The summed E-state index contributed by atoms with van der Waals surface area (Å²) in [6.07, 6.45) is 1.50.